The summed E-state index contributed by atoms with van der Waals surface area (Å²) in [5.74, 6) is -1.50. The lowest BCUT2D eigenvalue weighted by molar-refractivity contribution is -0.139. The fraction of sp³-hybridized carbons (Fsp3) is 0.200. The highest BCUT2D eigenvalue weighted by atomic mass is 32.2. The van der Waals surface area contributed by atoms with Gasteiger partial charge >= 0.3 is 5.97 Å². The van der Waals surface area contributed by atoms with E-state index in [1.807, 2.05) is 0 Å². The number of carboxylic acid groups (broad SMARTS) is 1. The minimum atomic E-state index is -3.44. The van der Waals surface area contributed by atoms with Crippen LogP contribution in [0.15, 0.2) is 71.6 Å². The van der Waals surface area contributed by atoms with Crippen LogP contribution in [0.4, 0.5) is 5.69 Å². The molecular weight excluding hydrogens is 458 g/mol. The van der Waals surface area contributed by atoms with Crippen LogP contribution in [0.2, 0.25) is 0 Å². The van der Waals surface area contributed by atoms with Crippen molar-refractivity contribution in [2.75, 3.05) is 24.4 Å². The van der Waals surface area contributed by atoms with Gasteiger partial charge in [0.1, 0.15) is 19.1 Å². The number of aliphatic carboxylic acids is 1. The van der Waals surface area contributed by atoms with Crippen LogP contribution in [0.3, 0.4) is 0 Å². The molecule has 0 aliphatic carbocycles. The van der Waals surface area contributed by atoms with Crippen molar-refractivity contribution >= 4 is 27.4 Å². The van der Waals surface area contributed by atoms with Crippen molar-refractivity contribution in [2.24, 2.45) is 0 Å². The van der Waals surface area contributed by atoms with Gasteiger partial charge in [0.25, 0.3) is 5.91 Å². The molecule has 3 aromatic rings. The van der Waals surface area contributed by atoms with E-state index in [9.17, 15) is 23.1 Å². The van der Waals surface area contributed by atoms with Crippen molar-refractivity contribution in [3.05, 3.63) is 83.4 Å². The number of hydrogen-bond acceptors (Lipinski definition) is 6. The Bertz CT molecular complexity index is 1400. The van der Waals surface area contributed by atoms with Gasteiger partial charge in [0, 0.05) is 17.5 Å². The Morgan fingerprint density at radius 1 is 0.971 bits per heavy atom. The van der Waals surface area contributed by atoms with Crippen molar-refractivity contribution in [3.8, 4) is 11.5 Å². The number of sulfone groups is 1. The number of amides is 1. The molecule has 0 unspecified atom stereocenters. The van der Waals surface area contributed by atoms with Crippen LogP contribution in [0.1, 0.15) is 33.4 Å². The number of nitrogens with zero attached hydrogens (tertiary/aromatic N) is 1. The van der Waals surface area contributed by atoms with E-state index in [-0.39, 0.29) is 16.4 Å². The standard InChI is InChI=1S/C25H21NO7S/c1-34(30,31)17-9-7-16(8-10-17)26-23(15-6-11-20-21(14-15)33-13-12-32-20)22(25(28)29)18-4-2-3-5-19(18)24(26)27/h2-11,14,22-23H,12-13H2,1H3,(H,28,29)/t22-,23+/m0/s1. The van der Waals surface area contributed by atoms with Crippen LogP contribution >= 0.6 is 0 Å². The predicted molar refractivity (Wildman–Crippen MR) is 123 cm³/mol. The monoisotopic (exact) mass is 479 g/mol. The zero-order valence-electron chi connectivity index (χ0n) is 18.2. The molecule has 2 aliphatic heterocycles. The first kappa shape index (κ1) is 22.0. The normalized spacial score (nSPS) is 19.4. The molecule has 2 heterocycles. The van der Waals surface area contributed by atoms with E-state index in [1.54, 1.807) is 42.5 Å². The number of ether oxygens (including phenoxy) is 2. The zero-order valence-corrected chi connectivity index (χ0v) is 19.0. The third-order valence-electron chi connectivity index (χ3n) is 6.06. The van der Waals surface area contributed by atoms with Crippen molar-refractivity contribution in [2.45, 2.75) is 16.9 Å². The number of rotatable bonds is 4. The maximum absolute atomic E-state index is 13.7. The molecule has 0 fully saturated rings. The molecule has 8 nitrogen and oxygen atoms in total. The van der Waals surface area contributed by atoms with Crippen LogP contribution in [-0.2, 0) is 14.6 Å². The van der Waals surface area contributed by atoms with Crippen molar-refractivity contribution in [1.29, 1.82) is 0 Å². The van der Waals surface area contributed by atoms with Gasteiger partial charge in [-0.25, -0.2) is 8.42 Å². The molecule has 174 valence electrons. The molecule has 34 heavy (non-hydrogen) atoms. The number of anilines is 1. The highest BCUT2D eigenvalue weighted by Crippen LogP contribution is 2.46. The molecule has 1 N–H and O–H groups in total. The Kier molecular flexibility index (Phi) is 5.28. The van der Waals surface area contributed by atoms with Gasteiger partial charge in [-0.3, -0.25) is 14.5 Å². The second kappa shape index (κ2) is 8.18. The fourth-order valence-corrected chi connectivity index (χ4v) is 5.15. The molecule has 0 radical (unpaired) electrons. The lowest BCUT2D eigenvalue weighted by Gasteiger charge is -2.41. The van der Waals surface area contributed by atoms with E-state index in [0.717, 1.165) is 6.26 Å². The number of carbonyl (C=O) groups is 2. The van der Waals surface area contributed by atoms with E-state index in [0.29, 0.717) is 41.5 Å². The number of benzene rings is 3. The first-order chi connectivity index (χ1) is 16.3. The van der Waals surface area contributed by atoms with Crippen LogP contribution in [0.25, 0.3) is 0 Å². The molecule has 0 spiro atoms. The first-order valence-electron chi connectivity index (χ1n) is 10.6. The van der Waals surface area contributed by atoms with E-state index in [1.165, 1.54) is 29.2 Å². The molecule has 0 bridgehead atoms. The lowest BCUT2D eigenvalue weighted by Crippen LogP contribution is -2.45. The lowest BCUT2D eigenvalue weighted by atomic mass is 9.79. The average molecular weight is 480 g/mol. The average Bonchev–Trinajstić information content (AvgIpc) is 2.83. The molecule has 1 amide bonds. The highest BCUT2D eigenvalue weighted by Gasteiger charge is 2.45. The van der Waals surface area contributed by atoms with E-state index >= 15 is 0 Å². The fourth-order valence-electron chi connectivity index (χ4n) is 4.52. The molecule has 2 atom stereocenters. The molecule has 9 heteroatoms. The summed E-state index contributed by atoms with van der Waals surface area (Å²) in [6.07, 6.45) is 1.10. The Labute approximate surface area is 196 Å². The molecule has 0 aromatic heterocycles. The Morgan fingerprint density at radius 3 is 2.32 bits per heavy atom. The van der Waals surface area contributed by atoms with Crippen LogP contribution in [-0.4, -0.2) is 44.9 Å². The quantitative estimate of drug-likeness (QED) is 0.610. The summed E-state index contributed by atoms with van der Waals surface area (Å²) in [6.45, 7) is 0.778. The van der Waals surface area contributed by atoms with Gasteiger partial charge in [-0.1, -0.05) is 24.3 Å². The second-order valence-electron chi connectivity index (χ2n) is 8.19. The summed E-state index contributed by atoms with van der Waals surface area (Å²) in [5.41, 5.74) is 1.66. The molecular formula is C25H21NO7S. The van der Waals surface area contributed by atoms with Gasteiger partial charge in [-0.05, 0) is 53.6 Å². The molecule has 2 aliphatic rings. The number of carbonyl (C=O) groups excluding carboxylic acids is 1. The SMILES string of the molecule is CS(=O)(=O)c1ccc(N2C(=O)c3ccccc3[C@H](C(=O)O)[C@H]2c2ccc3c(c2)OCCO3)cc1. The third-order valence-corrected chi connectivity index (χ3v) is 7.18. The van der Waals surface area contributed by atoms with Crippen LogP contribution < -0.4 is 14.4 Å². The number of hydrogen-bond donors (Lipinski definition) is 1. The molecule has 0 saturated carbocycles. The summed E-state index contributed by atoms with van der Waals surface area (Å²) in [6, 6.07) is 16.7. The van der Waals surface area contributed by atoms with Crippen molar-refractivity contribution in [1.82, 2.24) is 0 Å². The molecule has 5 rings (SSSR count). The Balaban J connectivity index is 1.71. The summed E-state index contributed by atoms with van der Waals surface area (Å²) < 4.78 is 35.1. The number of fused-ring (bicyclic) bond motifs is 2. The minimum Gasteiger partial charge on any atom is -0.486 e. The van der Waals surface area contributed by atoms with Crippen molar-refractivity contribution < 1.29 is 32.6 Å². The van der Waals surface area contributed by atoms with Gasteiger partial charge in [0.2, 0.25) is 0 Å². The Morgan fingerprint density at radius 2 is 1.65 bits per heavy atom. The summed E-state index contributed by atoms with van der Waals surface area (Å²) in [7, 11) is -3.44. The second-order valence-corrected chi connectivity index (χ2v) is 10.2. The van der Waals surface area contributed by atoms with Gasteiger partial charge in [-0.15, -0.1) is 0 Å². The maximum Gasteiger partial charge on any atom is 0.313 e. The van der Waals surface area contributed by atoms with Gasteiger partial charge in [0.05, 0.1) is 10.9 Å². The third kappa shape index (κ3) is 3.67. The predicted octanol–water partition coefficient (Wildman–Crippen LogP) is 3.43. The van der Waals surface area contributed by atoms with E-state index in [2.05, 4.69) is 0 Å². The Hall–Kier alpha value is -3.85. The van der Waals surface area contributed by atoms with Crippen molar-refractivity contribution in [3.63, 3.8) is 0 Å². The van der Waals surface area contributed by atoms with Gasteiger partial charge in [-0.2, -0.15) is 0 Å². The smallest absolute Gasteiger partial charge is 0.313 e. The molecule has 0 saturated heterocycles. The molecule has 3 aromatic carbocycles. The minimum absolute atomic E-state index is 0.103. The first-order valence-corrected chi connectivity index (χ1v) is 12.5. The van der Waals surface area contributed by atoms with E-state index in [4.69, 9.17) is 9.47 Å². The highest BCUT2D eigenvalue weighted by molar-refractivity contribution is 7.90. The summed E-state index contributed by atoms with van der Waals surface area (Å²) >= 11 is 0. The number of carboxylic acids is 1. The summed E-state index contributed by atoms with van der Waals surface area (Å²) in [5, 5.41) is 10.3. The van der Waals surface area contributed by atoms with Crippen LogP contribution in [0.5, 0.6) is 11.5 Å². The maximum atomic E-state index is 13.7. The van der Waals surface area contributed by atoms with Crippen LogP contribution in [0, 0.1) is 0 Å². The van der Waals surface area contributed by atoms with Gasteiger partial charge in [0.15, 0.2) is 21.3 Å². The zero-order chi connectivity index (χ0) is 24.0. The largest absolute Gasteiger partial charge is 0.486 e. The van der Waals surface area contributed by atoms with E-state index < -0.39 is 27.8 Å². The topological polar surface area (TPSA) is 110 Å². The van der Waals surface area contributed by atoms with Gasteiger partial charge < -0.3 is 14.6 Å². The summed E-state index contributed by atoms with van der Waals surface area (Å²) in [4.78, 5) is 27.8.